The van der Waals surface area contributed by atoms with Crippen LogP contribution in [0.2, 0.25) is 0 Å². The molecule has 31 heavy (non-hydrogen) atoms. The van der Waals surface area contributed by atoms with Crippen LogP contribution in [0.3, 0.4) is 0 Å². The van der Waals surface area contributed by atoms with Gasteiger partial charge in [-0.15, -0.1) is 0 Å². The molecule has 5 heteroatoms. The van der Waals surface area contributed by atoms with Crippen LogP contribution in [0, 0.1) is 0 Å². The molecule has 0 unspecified atom stereocenters. The van der Waals surface area contributed by atoms with Gasteiger partial charge < -0.3 is 13.8 Å². The van der Waals surface area contributed by atoms with Crippen LogP contribution in [0.1, 0.15) is 20.8 Å². The fraction of sp³-hybridized carbons (Fsp3) is 0.231. The predicted octanol–water partition coefficient (Wildman–Crippen LogP) is 6.95. The van der Waals surface area contributed by atoms with Gasteiger partial charge in [-0.05, 0) is 54.4 Å². The summed E-state index contributed by atoms with van der Waals surface area (Å²) in [7, 11) is -3.55. The molecule has 4 aromatic rings. The van der Waals surface area contributed by atoms with Gasteiger partial charge in [0, 0.05) is 11.1 Å². The zero-order chi connectivity index (χ0) is 21.8. The lowest BCUT2D eigenvalue weighted by atomic mass is 9.93. The molecule has 0 atom stereocenters. The van der Waals surface area contributed by atoms with Crippen LogP contribution in [-0.2, 0) is 13.6 Å². The van der Waals surface area contributed by atoms with Gasteiger partial charge >= 0.3 is 7.60 Å². The van der Waals surface area contributed by atoms with Gasteiger partial charge in [-0.2, -0.15) is 0 Å². The summed E-state index contributed by atoms with van der Waals surface area (Å²) >= 11 is 0. The van der Waals surface area contributed by atoms with Crippen molar-refractivity contribution in [3.8, 4) is 16.9 Å². The summed E-state index contributed by atoms with van der Waals surface area (Å²) in [4.78, 5) is 0. The first-order valence-corrected chi connectivity index (χ1v) is 12.2. The van der Waals surface area contributed by atoms with Crippen LogP contribution < -0.4 is 10.0 Å². The van der Waals surface area contributed by atoms with E-state index in [9.17, 15) is 4.57 Å². The second kappa shape index (κ2) is 9.23. The van der Waals surface area contributed by atoms with Crippen molar-refractivity contribution < 1.29 is 18.3 Å². The number of benzene rings is 4. The first-order chi connectivity index (χ1) is 15.1. The molecule has 0 aliphatic heterocycles. The Kier molecular flexibility index (Phi) is 6.43. The molecule has 0 aliphatic carbocycles. The van der Waals surface area contributed by atoms with Gasteiger partial charge in [0.2, 0.25) is 0 Å². The van der Waals surface area contributed by atoms with Crippen molar-refractivity contribution in [3.63, 3.8) is 0 Å². The molecule has 160 valence electrons. The number of hydrogen-bond donors (Lipinski definition) is 0. The molecule has 0 saturated heterocycles. The van der Waals surface area contributed by atoms with E-state index in [1.807, 2.05) is 69.3 Å². The molecule has 0 saturated carbocycles. The number of fused-ring (bicyclic) bond motifs is 2. The van der Waals surface area contributed by atoms with Gasteiger partial charge in [0.05, 0.1) is 25.1 Å². The quantitative estimate of drug-likeness (QED) is 0.282. The largest absolute Gasteiger partial charge is 0.493 e. The van der Waals surface area contributed by atoms with Gasteiger partial charge in [0.1, 0.15) is 5.75 Å². The molecule has 0 bridgehead atoms. The maximum Gasteiger partial charge on any atom is 0.361 e. The number of ether oxygens (including phenoxy) is 1. The van der Waals surface area contributed by atoms with E-state index in [2.05, 4.69) is 24.3 Å². The zero-order valence-electron chi connectivity index (χ0n) is 18.1. The molecular weight excluding hydrogens is 407 g/mol. The lowest BCUT2D eigenvalue weighted by Gasteiger charge is -2.23. The maximum absolute atomic E-state index is 14.0. The molecule has 0 spiro atoms. The van der Waals surface area contributed by atoms with E-state index in [-0.39, 0.29) is 13.2 Å². The van der Waals surface area contributed by atoms with E-state index in [0.717, 1.165) is 38.4 Å². The standard InChI is InChI=1S/C26H27O4P/c1-4-28-23-17-15-19-11-7-9-13-21(19)25(23)26-22-14-10-8-12-20(22)16-18-24(26)31(27,29-5-2)30-6-3/h7-18H,4-6H2,1-3H3. The van der Waals surface area contributed by atoms with Crippen molar-refractivity contribution in [2.75, 3.05) is 19.8 Å². The Morgan fingerprint density at radius 1 is 0.645 bits per heavy atom. The summed E-state index contributed by atoms with van der Waals surface area (Å²) in [5, 5.41) is 4.72. The Hall–Kier alpha value is -2.65. The maximum atomic E-state index is 14.0. The van der Waals surface area contributed by atoms with Gasteiger partial charge in [-0.25, -0.2) is 0 Å². The molecule has 0 radical (unpaired) electrons. The third-order valence-corrected chi connectivity index (χ3v) is 7.40. The molecule has 0 fully saturated rings. The van der Waals surface area contributed by atoms with Gasteiger partial charge in [0.25, 0.3) is 0 Å². The SMILES string of the molecule is CCOc1ccc2ccccc2c1-c1c(P(=O)(OCC)OCC)ccc2ccccc12. The smallest absolute Gasteiger partial charge is 0.361 e. The lowest BCUT2D eigenvalue weighted by molar-refractivity contribution is 0.230. The highest BCUT2D eigenvalue weighted by Gasteiger charge is 2.32. The van der Waals surface area contributed by atoms with Crippen molar-refractivity contribution in [2.45, 2.75) is 20.8 Å². The monoisotopic (exact) mass is 434 g/mol. The van der Waals surface area contributed by atoms with Crippen LogP contribution in [-0.4, -0.2) is 19.8 Å². The molecule has 0 aromatic heterocycles. The average molecular weight is 434 g/mol. The van der Waals surface area contributed by atoms with E-state index in [4.69, 9.17) is 13.8 Å². The Bertz CT molecular complexity index is 1250. The molecule has 0 amide bonds. The number of hydrogen-bond acceptors (Lipinski definition) is 4. The van der Waals surface area contributed by atoms with E-state index in [0.29, 0.717) is 11.9 Å². The van der Waals surface area contributed by atoms with E-state index in [1.54, 1.807) is 0 Å². The first-order valence-electron chi connectivity index (χ1n) is 10.7. The van der Waals surface area contributed by atoms with Crippen molar-refractivity contribution in [1.82, 2.24) is 0 Å². The van der Waals surface area contributed by atoms with Crippen molar-refractivity contribution in [3.05, 3.63) is 72.8 Å². The van der Waals surface area contributed by atoms with Crippen molar-refractivity contribution >= 4 is 34.4 Å². The van der Waals surface area contributed by atoms with E-state index in [1.165, 1.54) is 0 Å². The average Bonchev–Trinajstić information content (AvgIpc) is 2.79. The zero-order valence-corrected chi connectivity index (χ0v) is 19.0. The third kappa shape index (κ3) is 3.99. The third-order valence-electron chi connectivity index (χ3n) is 5.24. The Morgan fingerprint density at radius 2 is 1.19 bits per heavy atom. The van der Waals surface area contributed by atoms with Crippen LogP contribution in [0.5, 0.6) is 5.75 Å². The second-order valence-electron chi connectivity index (χ2n) is 7.11. The summed E-state index contributed by atoms with van der Waals surface area (Å²) in [6.07, 6.45) is 0. The molecule has 0 heterocycles. The van der Waals surface area contributed by atoms with Gasteiger partial charge in [0.15, 0.2) is 0 Å². The summed E-state index contributed by atoms with van der Waals surface area (Å²) in [5.74, 6) is 0.748. The molecule has 4 rings (SSSR count). The Labute approximate surface area is 183 Å². The van der Waals surface area contributed by atoms with E-state index >= 15 is 0 Å². The Morgan fingerprint density at radius 3 is 1.77 bits per heavy atom. The Balaban J connectivity index is 2.18. The summed E-state index contributed by atoms with van der Waals surface area (Å²) < 4.78 is 31.6. The van der Waals surface area contributed by atoms with Crippen molar-refractivity contribution in [2.24, 2.45) is 0 Å². The molecular formula is C26H27O4P. The second-order valence-corrected chi connectivity index (χ2v) is 9.10. The minimum atomic E-state index is -3.55. The topological polar surface area (TPSA) is 44.8 Å². The lowest BCUT2D eigenvalue weighted by Crippen LogP contribution is -2.14. The van der Waals surface area contributed by atoms with Gasteiger partial charge in [-0.3, -0.25) is 4.57 Å². The highest BCUT2D eigenvalue weighted by molar-refractivity contribution is 7.62. The molecule has 0 N–H and O–H groups in total. The fourth-order valence-corrected chi connectivity index (χ4v) is 5.85. The highest BCUT2D eigenvalue weighted by atomic mass is 31.2. The minimum Gasteiger partial charge on any atom is -0.493 e. The van der Waals surface area contributed by atoms with Crippen LogP contribution in [0.25, 0.3) is 32.7 Å². The molecule has 4 nitrogen and oxygen atoms in total. The van der Waals surface area contributed by atoms with Crippen LogP contribution >= 0.6 is 7.60 Å². The van der Waals surface area contributed by atoms with E-state index < -0.39 is 7.60 Å². The predicted molar refractivity (Wildman–Crippen MR) is 129 cm³/mol. The summed E-state index contributed by atoms with van der Waals surface area (Å²) in [5.41, 5.74) is 1.75. The number of rotatable bonds is 8. The van der Waals surface area contributed by atoms with Gasteiger partial charge in [-0.1, -0.05) is 60.7 Å². The summed E-state index contributed by atoms with van der Waals surface area (Å²) in [6, 6.07) is 24.2. The first kappa shape index (κ1) is 21.6. The highest BCUT2D eigenvalue weighted by Crippen LogP contribution is 2.52. The minimum absolute atomic E-state index is 0.289. The summed E-state index contributed by atoms with van der Waals surface area (Å²) in [6.45, 7) is 6.73. The molecule has 0 aliphatic rings. The van der Waals surface area contributed by atoms with Crippen LogP contribution in [0.4, 0.5) is 0 Å². The normalized spacial score (nSPS) is 11.8. The fourth-order valence-electron chi connectivity index (χ4n) is 4.05. The van der Waals surface area contributed by atoms with Crippen LogP contribution in [0.15, 0.2) is 72.8 Å². The van der Waals surface area contributed by atoms with Crippen molar-refractivity contribution in [1.29, 1.82) is 0 Å². The molecule has 4 aromatic carbocycles.